The number of hydrogen-bond acceptors (Lipinski definition) is 7. The molecule has 1 unspecified atom stereocenters. The van der Waals surface area contributed by atoms with Crippen LogP contribution in [0.25, 0.3) is 10.1 Å². The standard InChI is InChI=1S/C28H30N4O5S2/c1-18(2)14-22(31-28(35)25-15-19-8-3-5-11-24(19)38-25)27(34)30-21-10-7-13-32(17-23(21)33)39(36,37)26-12-6-4-9-20(26)16-29/h3-6,8-9,11-12,15,18,21-22H,7,10,13-14,17H2,1-2H3,(H,30,34)(H,31,35)/t21?,22-/m0/s1. The molecule has 1 aliphatic heterocycles. The van der Waals surface area contributed by atoms with Crippen molar-refractivity contribution in [1.82, 2.24) is 14.9 Å². The summed E-state index contributed by atoms with van der Waals surface area (Å²) in [7, 11) is -4.08. The van der Waals surface area contributed by atoms with Crippen LogP contribution in [0.3, 0.4) is 0 Å². The maximum Gasteiger partial charge on any atom is 0.262 e. The Hall–Kier alpha value is -3.59. The molecule has 1 fully saturated rings. The van der Waals surface area contributed by atoms with Gasteiger partial charge in [-0.3, -0.25) is 14.4 Å². The summed E-state index contributed by atoms with van der Waals surface area (Å²) >= 11 is 1.34. The fourth-order valence-corrected chi connectivity index (χ4v) is 7.13. The topological polar surface area (TPSA) is 136 Å². The zero-order valence-corrected chi connectivity index (χ0v) is 23.3. The van der Waals surface area contributed by atoms with Gasteiger partial charge in [-0.25, -0.2) is 8.42 Å². The first-order chi connectivity index (χ1) is 18.6. The molecule has 2 aromatic carbocycles. The highest BCUT2D eigenvalue weighted by Gasteiger charge is 2.35. The van der Waals surface area contributed by atoms with Gasteiger partial charge >= 0.3 is 0 Å². The molecule has 1 aliphatic rings. The minimum Gasteiger partial charge on any atom is -0.344 e. The number of carbonyl (C=O) groups is 3. The number of ketones is 1. The minimum absolute atomic E-state index is 0.00459. The monoisotopic (exact) mass is 566 g/mol. The lowest BCUT2D eigenvalue weighted by Gasteiger charge is -2.23. The predicted octanol–water partition coefficient (Wildman–Crippen LogP) is 3.46. The smallest absolute Gasteiger partial charge is 0.262 e. The van der Waals surface area contributed by atoms with E-state index in [4.69, 9.17) is 0 Å². The molecule has 204 valence electrons. The van der Waals surface area contributed by atoms with Gasteiger partial charge in [0.15, 0.2) is 5.78 Å². The van der Waals surface area contributed by atoms with Gasteiger partial charge in [-0.05, 0) is 54.8 Å². The number of nitrogens with one attached hydrogen (secondary N) is 2. The third-order valence-corrected chi connectivity index (χ3v) is 9.56. The Balaban J connectivity index is 1.46. The number of amides is 2. The molecule has 0 bridgehead atoms. The van der Waals surface area contributed by atoms with Crippen molar-refractivity contribution in [2.24, 2.45) is 5.92 Å². The third-order valence-electron chi connectivity index (χ3n) is 6.54. The number of thiophene rings is 1. The fraction of sp³-hybridized carbons (Fsp3) is 0.357. The molecule has 2 heterocycles. The molecule has 2 amide bonds. The maximum absolute atomic E-state index is 13.3. The number of hydrogen-bond donors (Lipinski definition) is 2. The van der Waals surface area contributed by atoms with Crippen LogP contribution >= 0.6 is 11.3 Å². The Morgan fingerprint density at radius 3 is 2.59 bits per heavy atom. The lowest BCUT2D eigenvalue weighted by molar-refractivity contribution is -0.129. The van der Waals surface area contributed by atoms with Gasteiger partial charge in [-0.15, -0.1) is 11.3 Å². The summed E-state index contributed by atoms with van der Waals surface area (Å²) in [4.78, 5) is 39.8. The molecule has 2 atom stereocenters. The van der Waals surface area contributed by atoms with Crippen LogP contribution in [0.4, 0.5) is 0 Å². The normalized spacial score (nSPS) is 17.4. The van der Waals surface area contributed by atoms with Gasteiger partial charge in [0, 0.05) is 11.2 Å². The van der Waals surface area contributed by atoms with E-state index in [0.717, 1.165) is 14.4 Å². The molecule has 11 heteroatoms. The zero-order chi connectivity index (χ0) is 28.2. The molecule has 4 rings (SSSR count). The van der Waals surface area contributed by atoms with E-state index in [1.807, 2.05) is 44.2 Å². The summed E-state index contributed by atoms with van der Waals surface area (Å²) in [6, 6.07) is 15.4. The molecular weight excluding hydrogens is 536 g/mol. The highest BCUT2D eigenvalue weighted by Crippen LogP contribution is 2.26. The summed E-state index contributed by atoms with van der Waals surface area (Å²) in [5.74, 6) is -1.20. The van der Waals surface area contributed by atoms with E-state index in [-0.39, 0.29) is 35.2 Å². The van der Waals surface area contributed by atoms with Crippen LogP contribution in [0.1, 0.15) is 48.3 Å². The summed E-state index contributed by atoms with van der Waals surface area (Å²) in [5, 5.41) is 15.9. The molecule has 9 nitrogen and oxygen atoms in total. The van der Waals surface area contributed by atoms with Crippen molar-refractivity contribution in [3.8, 4) is 6.07 Å². The van der Waals surface area contributed by atoms with Gasteiger partial charge < -0.3 is 10.6 Å². The highest BCUT2D eigenvalue weighted by molar-refractivity contribution is 7.89. The van der Waals surface area contributed by atoms with E-state index in [9.17, 15) is 28.1 Å². The predicted molar refractivity (Wildman–Crippen MR) is 149 cm³/mol. The number of Topliss-reactive ketones (excluding diaryl/α,β-unsaturated/α-hetero) is 1. The Kier molecular flexibility index (Phi) is 8.80. The second-order valence-electron chi connectivity index (χ2n) is 9.92. The zero-order valence-electron chi connectivity index (χ0n) is 21.7. The third kappa shape index (κ3) is 6.53. The van der Waals surface area contributed by atoms with Crippen molar-refractivity contribution >= 4 is 49.0 Å². The van der Waals surface area contributed by atoms with Gasteiger partial charge in [0.2, 0.25) is 15.9 Å². The average Bonchev–Trinajstić information content (AvgIpc) is 3.26. The number of nitrogens with zero attached hydrogens (tertiary/aromatic N) is 2. The fourth-order valence-electron chi connectivity index (χ4n) is 4.58. The summed E-state index contributed by atoms with van der Waals surface area (Å²) in [6.45, 7) is 3.53. The van der Waals surface area contributed by atoms with Crippen molar-refractivity contribution in [3.63, 3.8) is 0 Å². The lowest BCUT2D eigenvalue weighted by atomic mass is 10.0. The molecule has 1 saturated heterocycles. The molecule has 3 aromatic rings. The molecule has 0 saturated carbocycles. The molecule has 0 aliphatic carbocycles. The molecule has 39 heavy (non-hydrogen) atoms. The average molecular weight is 567 g/mol. The Labute approximate surface area is 231 Å². The van der Waals surface area contributed by atoms with Crippen LogP contribution in [-0.4, -0.2) is 55.5 Å². The molecule has 1 aromatic heterocycles. The lowest BCUT2D eigenvalue weighted by Crippen LogP contribution is -2.52. The Bertz CT molecular complexity index is 1510. The van der Waals surface area contributed by atoms with E-state index in [1.54, 1.807) is 12.1 Å². The van der Waals surface area contributed by atoms with Crippen molar-refractivity contribution in [3.05, 3.63) is 65.0 Å². The van der Waals surface area contributed by atoms with Crippen LogP contribution in [0, 0.1) is 17.2 Å². The summed E-state index contributed by atoms with van der Waals surface area (Å²) < 4.78 is 28.5. The van der Waals surface area contributed by atoms with E-state index >= 15 is 0 Å². The van der Waals surface area contributed by atoms with Crippen molar-refractivity contribution in [2.45, 2.75) is 50.1 Å². The number of benzene rings is 2. The number of rotatable bonds is 8. The van der Waals surface area contributed by atoms with Gasteiger partial charge in [0.1, 0.15) is 12.1 Å². The number of carbonyl (C=O) groups excluding carboxylic acids is 3. The quantitative estimate of drug-likeness (QED) is 0.429. The van der Waals surface area contributed by atoms with Crippen LogP contribution < -0.4 is 10.6 Å². The molecule has 0 spiro atoms. The van der Waals surface area contributed by atoms with Gasteiger partial charge in [-0.1, -0.05) is 44.2 Å². The summed E-state index contributed by atoms with van der Waals surface area (Å²) in [5.41, 5.74) is 0.00459. The van der Waals surface area contributed by atoms with Crippen LogP contribution in [0.2, 0.25) is 0 Å². The SMILES string of the molecule is CC(C)C[C@H](NC(=O)c1cc2ccccc2s1)C(=O)NC1CCCN(S(=O)(=O)c2ccccc2C#N)CC1=O. The largest absolute Gasteiger partial charge is 0.344 e. The van der Waals surface area contributed by atoms with Gasteiger partial charge in [-0.2, -0.15) is 9.57 Å². The highest BCUT2D eigenvalue weighted by atomic mass is 32.2. The first-order valence-electron chi connectivity index (χ1n) is 12.7. The number of nitriles is 1. The van der Waals surface area contributed by atoms with Crippen LogP contribution in [0.15, 0.2) is 59.5 Å². The van der Waals surface area contributed by atoms with E-state index in [0.29, 0.717) is 17.7 Å². The Morgan fingerprint density at radius 2 is 1.87 bits per heavy atom. The minimum atomic E-state index is -4.08. The van der Waals surface area contributed by atoms with Gasteiger partial charge in [0.05, 0.1) is 27.9 Å². The van der Waals surface area contributed by atoms with Crippen molar-refractivity contribution < 1.29 is 22.8 Å². The molecular formula is C28H30N4O5S2. The second kappa shape index (κ2) is 12.1. The number of fused-ring (bicyclic) bond motifs is 1. The van der Waals surface area contributed by atoms with Crippen LogP contribution in [0.5, 0.6) is 0 Å². The molecule has 2 N–H and O–H groups in total. The number of sulfonamides is 1. The first kappa shape index (κ1) is 28.4. The van der Waals surface area contributed by atoms with E-state index in [1.165, 1.54) is 29.5 Å². The van der Waals surface area contributed by atoms with E-state index < -0.39 is 40.3 Å². The Morgan fingerprint density at radius 1 is 1.15 bits per heavy atom. The van der Waals surface area contributed by atoms with Crippen molar-refractivity contribution in [2.75, 3.05) is 13.1 Å². The molecule has 0 radical (unpaired) electrons. The maximum atomic E-state index is 13.3. The first-order valence-corrected chi connectivity index (χ1v) is 15.0. The second-order valence-corrected chi connectivity index (χ2v) is 12.9. The van der Waals surface area contributed by atoms with E-state index in [2.05, 4.69) is 10.6 Å². The van der Waals surface area contributed by atoms with Crippen LogP contribution in [-0.2, 0) is 19.6 Å². The van der Waals surface area contributed by atoms with Gasteiger partial charge in [0.25, 0.3) is 5.91 Å². The van der Waals surface area contributed by atoms with Crippen molar-refractivity contribution in [1.29, 1.82) is 5.26 Å². The summed E-state index contributed by atoms with van der Waals surface area (Å²) in [6.07, 6.45) is 0.970.